The van der Waals surface area contributed by atoms with Gasteiger partial charge in [-0.25, -0.2) is 0 Å². The number of carbonyl (C=O) groups excluding carboxylic acids is 3. The summed E-state index contributed by atoms with van der Waals surface area (Å²) in [7, 11) is 3.99. The Kier molecular flexibility index (Phi) is 28.6. The molecular weight excluding hydrogens is 626 g/mol. The van der Waals surface area contributed by atoms with E-state index >= 15 is 0 Å². The van der Waals surface area contributed by atoms with Crippen LogP contribution in [0, 0.1) is 34.5 Å². The van der Waals surface area contributed by atoms with E-state index < -0.39 is 0 Å². The van der Waals surface area contributed by atoms with Crippen LogP contribution >= 0.6 is 0 Å². The van der Waals surface area contributed by atoms with Crippen LogP contribution in [0.5, 0.6) is 0 Å². The Labute approximate surface area is 308 Å². The number of carbonyl (C=O) groups is 3. The molecule has 0 heterocycles. The van der Waals surface area contributed by atoms with Crippen molar-refractivity contribution in [2.75, 3.05) is 33.9 Å². The number of ether oxygens (including phenoxy) is 3. The summed E-state index contributed by atoms with van der Waals surface area (Å²) in [5.74, 6) is 11.8. The van der Waals surface area contributed by atoms with Crippen molar-refractivity contribution in [3.8, 4) is 23.7 Å². The molecule has 0 saturated heterocycles. The highest BCUT2D eigenvalue weighted by atomic mass is 16.5. The van der Waals surface area contributed by atoms with Crippen LogP contribution < -0.4 is 0 Å². The van der Waals surface area contributed by atoms with Crippen molar-refractivity contribution < 1.29 is 28.6 Å². The first-order chi connectivity index (χ1) is 23.8. The fraction of sp³-hybridized carbons (Fsp3) is 0.837. The molecule has 0 spiro atoms. The van der Waals surface area contributed by atoms with Crippen LogP contribution in [0.4, 0.5) is 0 Å². The molecule has 0 rings (SSSR count). The van der Waals surface area contributed by atoms with E-state index in [4.69, 9.17) is 14.2 Å². The Balaban J connectivity index is 4.87. The fourth-order valence-electron chi connectivity index (χ4n) is 5.52. The quantitative estimate of drug-likeness (QED) is 0.0332. The van der Waals surface area contributed by atoms with Crippen molar-refractivity contribution >= 4 is 17.9 Å². The number of hydrogen-bond acceptors (Lipinski definition) is 7. The first-order valence-electron chi connectivity index (χ1n) is 20.0. The third kappa shape index (κ3) is 31.5. The van der Waals surface area contributed by atoms with Gasteiger partial charge >= 0.3 is 17.9 Å². The van der Waals surface area contributed by atoms with Gasteiger partial charge in [-0.1, -0.05) is 115 Å². The molecule has 0 aliphatic heterocycles. The molecule has 7 nitrogen and oxygen atoms in total. The van der Waals surface area contributed by atoms with Crippen molar-refractivity contribution in [3.63, 3.8) is 0 Å². The van der Waals surface area contributed by atoms with E-state index in [0.29, 0.717) is 32.5 Å². The van der Waals surface area contributed by atoms with Gasteiger partial charge in [0.2, 0.25) is 0 Å². The zero-order chi connectivity index (χ0) is 37.5. The smallest absolute Gasteiger partial charge is 0.317 e. The molecule has 0 radical (unpaired) electrons. The summed E-state index contributed by atoms with van der Waals surface area (Å²) in [6.07, 6.45) is 20.3. The number of unbranched alkanes of at least 4 members (excludes halogenated alkanes) is 12. The topological polar surface area (TPSA) is 82.1 Å². The molecule has 0 aliphatic carbocycles. The monoisotopic (exact) mass is 702 g/mol. The van der Waals surface area contributed by atoms with Crippen molar-refractivity contribution in [2.24, 2.45) is 10.8 Å². The predicted molar refractivity (Wildman–Crippen MR) is 206 cm³/mol. The van der Waals surface area contributed by atoms with Crippen molar-refractivity contribution in [1.82, 2.24) is 4.90 Å². The van der Waals surface area contributed by atoms with Crippen molar-refractivity contribution in [1.29, 1.82) is 0 Å². The average Bonchev–Trinajstić information content (AvgIpc) is 3.04. The van der Waals surface area contributed by atoms with Gasteiger partial charge in [0.25, 0.3) is 0 Å². The zero-order valence-electron chi connectivity index (χ0n) is 33.7. The molecule has 0 aliphatic rings. The van der Waals surface area contributed by atoms with Crippen LogP contribution in [-0.2, 0) is 28.6 Å². The Morgan fingerprint density at radius 1 is 0.580 bits per heavy atom. The normalized spacial score (nSPS) is 11.5. The molecule has 0 N–H and O–H groups in total. The highest BCUT2D eigenvalue weighted by Crippen LogP contribution is 2.28. The number of rotatable bonds is 29. The van der Waals surface area contributed by atoms with Crippen LogP contribution in [0.1, 0.15) is 183 Å². The van der Waals surface area contributed by atoms with Gasteiger partial charge < -0.3 is 19.1 Å². The van der Waals surface area contributed by atoms with Crippen LogP contribution in [0.3, 0.4) is 0 Å². The summed E-state index contributed by atoms with van der Waals surface area (Å²) in [6, 6.07) is 0. The molecule has 288 valence electrons. The summed E-state index contributed by atoms with van der Waals surface area (Å²) in [6.45, 7) is 14.4. The van der Waals surface area contributed by atoms with Crippen molar-refractivity contribution in [2.45, 2.75) is 189 Å². The molecule has 0 aromatic rings. The van der Waals surface area contributed by atoms with E-state index in [1.165, 1.54) is 64.2 Å². The van der Waals surface area contributed by atoms with Crippen LogP contribution in [0.25, 0.3) is 0 Å². The Hall–Kier alpha value is -2.51. The second-order valence-electron chi connectivity index (χ2n) is 15.5. The molecule has 0 aromatic carbocycles. The molecular formula is C43H75NO6. The lowest BCUT2D eigenvalue weighted by atomic mass is 9.83. The van der Waals surface area contributed by atoms with Gasteiger partial charge in [0.05, 0.1) is 13.2 Å². The minimum atomic E-state index is -0.348. The fourth-order valence-corrected chi connectivity index (χ4v) is 5.52. The predicted octanol–water partition coefficient (Wildman–Crippen LogP) is 10.2. The van der Waals surface area contributed by atoms with Gasteiger partial charge in [-0.15, -0.1) is 0 Å². The number of nitrogens with zero attached hydrogens (tertiary/aromatic N) is 1. The SMILES string of the molecule is CCCCCCCCCOC(=O)CC#CC(C)(C)CCC(CCC(C)(C)C#CCC(=O)OCCCCCCCCC)OC(=O)CCCN(C)C. The molecule has 0 amide bonds. The van der Waals surface area contributed by atoms with E-state index in [-0.39, 0.29) is 47.7 Å². The van der Waals surface area contributed by atoms with Gasteiger partial charge in [0.15, 0.2) is 0 Å². The minimum absolute atomic E-state index is 0.0870. The van der Waals surface area contributed by atoms with Gasteiger partial charge in [-0.2, -0.15) is 0 Å². The molecule has 0 unspecified atom stereocenters. The van der Waals surface area contributed by atoms with E-state index in [1.54, 1.807) is 0 Å². The molecule has 0 saturated carbocycles. The highest BCUT2D eigenvalue weighted by molar-refractivity contribution is 5.72. The van der Waals surface area contributed by atoms with E-state index in [9.17, 15) is 14.4 Å². The first-order valence-corrected chi connectivity index (χ1v) is 20.0. The Bertz CT molecular complexity index is 957. The highest BCUT2D eigenvalue weighted by Gasteiger charge is 2.24. The molecule has 50 heavy (non-hydrogen) atoms. The van der Waals surface area contributed by atoms with Gasteiger partial charge in [-0.3, -0.25) is 14.4 Å². The maximum Gasteiger partial charge on any atom is 0.317 e. The van der Waals surface area contributed by atoms with Crippen LogP contribution in [0.2, 0.25) is 0 Å². The number of esters is 3. The lowest BCUT2D eigenvalue weighted by molar-refractivity contribution is -0.150. The third-order valence-electron chi connectivity index (χ3n) is 8.81. The maximum absolute atomic E-state index is 12.8. The molecule has 0 fully saturated rings. The van der Waals surface area contributed by atoms with Gasteiger partial charge in [-0.05, 0) is 93.3 Å². The zero-order valence-corrected chi connectivity index (χ0v) is 33.7. The second-order valence-corrected chi connectivity index (χ2v) is 15.5. The first kappa shape index (κ1) is 47.5. The van der Waals surface area contributed by atoms with Gasteiger partial charge in [0, 0.05) is 17.3 Å². The third-order valence-corrected chi connectivity index (χ3v) is 8.81. The standard InChI is InChI=1S/C43H75NO6/c1-9-11-13-15-17-19-21-36-48-39(45)26-23-31-42(3,4)33-29-38(50-41(47)28-25-35-44(7)8)30-34-43(5,6)32-24-27-40(46)49-37-22-20-18-16-14-12-10-2/h38H,9-22,25-30,33-37H2,1-8H3. The Morgan fingerprint density at radius 2 is 0.980 bits per heavy atom. The summed E-state index contributed by atoms with van der Waals surface area (Å²) in [5, 5.41) is 0. The molecule has 0 bridgehead atoms. The van der Waals surface area contributed by atoms with E-state index in [1.807, 2.05) is 14.1 Å². The molecule has 7 heteroatoms. The van der Waals surface area contributed by atoms with Crippen molar-refractivity contribution in [3.05, 3.63) is 0 Å². The van der Waals surface area contributed by atoms with Gasteiger partial charge in [0.1, 0.15) is 18.9 Å². The minimum Gasteiger partial charge on any atom is -0.465 e. The Morgan fingerprint density at radius 3 is 1.38 bits per heavy atom. The number of hydrogen-bond donors (Lipinski definition) is 0. The summed E-state index contributed by atoms with van der Waals surface area (Å²) < 4.78 is 16.7. The van der Waals surface area contributed by atoms with Crippen LogP contribution in [0.15, 0.2) is 0 Å². The van der Waals surface area contributed by atoms with E-state index in [2.05, 4.69) is 70.1 Å². The summed E-state index contributed by atoms with van der Waals surface area (Å²) in [5.41, 5.74) is -0.696. The summed E-state index contributed by atoms with van der Waals surface area (Å²) >= 11 is 0. The van der Waals surface area contributed by atoms with E-state index in [0.717, 1.165) is 51.5 Å². The molecule has 0 aromatic heterocycles. The van der Waals surface area contributed by atoms with Crippen LogP contribution in [-0.4, -0.2) is 62.8 Å². The lowest BCUT2D eigenvalue weighted by Crippen LogP contribution is -2.24. The summed E-state index contributed by atoms with van der Waals surface area (Å²) in [4.78, 5) is 39.2. The second kappa shape index (κ2) is 30.1. The lowest BCUT2D eigenvalue weighted by Gasteiger charge is -2.26. The average molecular weight is 702 g/mol. The maximum atomic E-state index is 12.8. The molecule has 0 atom stereocenters. The largest absolute Gasteiger partial charge is 0.465 e.